The highest BCUT2D eigenvalue weighted by Crippen LogP contribution is 1.86. The molecule has 76 valence electrons. The molecule has 7 heteroatoms. The van der Waals surface area contributed by atoms with Gasteiger partial charge in [-0.05, 0) is 11.6 Å². The Morgan fingerprint density at radius 1 is 1.38 bits per heavy atom. The van der Waals surface area contributed by atoms with Gasteiger partial charge in [0.25, 0.3) is 0 Å². The average Bonchev–Trinajstić information content (AvgIpc) is 1.83. The summed E-state index contributed by atoms with van der Waals surface area (Å²) in [6, 6.07) is -1.29. The first-order valence-corrected chi connectivity index (χ1v) is 3.51. The molecule has 0 aromatic carbocycles. The molecule has 1 unspecified atom stereocenters. The Bertz CT molecular complexity index is 201. The summed E-state index contributed by atoms with van der Waals surface area (Å²) in [5.74, 6) is -2.50. The maximum absolute atomic E-state index is 9.85. The lowest BCUT2D eigenvalue weighted by Gasteiger charge is -1.99. The first kappa shape index (κ1) is 14.4. The fourth-order valence-electron chi connectivity index (χ4n) is 0.275. The van der Waals surface area contributed by atoms with Crippen LogP contribution in [-0.2, 0) is 14.4 Å². The van der Waals surface area contributed by atoms with Crippen molar-refractivity contribution in [2.75, 3.05) is 0 Å². The van der Waals surface area contributed by atoms with Crippen molar-refractivity contribution < 1.29 is 24.6 Å². The minimum Gasteiger partial charge on any atom is -0.481 e. The van der Waals surface area contributed by atoms with Gasteiger partial charge in [-0.25, -0.2) is 0 Å². The van der Waals surface area contributed by atoms with E-state index in [-0.39, 0.29) is 5.24 Å². The van der Waals surface area contributed by atoms with E-state index in [1.807, 2.05) is 0 Å². The molecule has 0 saturated heterocycles. The van der Waals surface area contributed by atoms with Crippen LogP contribution in [0, 0.1) is 0 Å². The molecule has 1 atom stereocenters. The van der Waals surface area contributed by atoms with Gasteiger partial charge in [0.2, 0.25) is 5.24 Å². The van der Waals surface area contributed by atoms with E-state index in [1.165, 1.54) is 6.92 Å². The van der Waals surface area contributed by atoms with E-state index in [9.17, 15) is 14.4 Å². The van der Waals surface area contributed by atoms with E-state index in [2.05, 4.69) is 11.6 Å². The van der Waals surface area contributed by atoms with Gasteiger partial charge < -0.3 is 15.9 Å². The molecule has 0 aromatic rings. The number of aliphatic carboxylic acids is 2. The number of rotatable bonds is 3. The Morgan fingerprint density at radius 3 is 1.77 bits per heavy atom. The SMILES string of the molecule is CC(=O)Cl.NC(CC(=O)O)C(=O)O. The normalized spacial score (nSPS) is 10.7. The third kappa shape index (κ3) is 18.1. The van der Waals surface area contributed by atoms with Crippen molar-refractivity contribution in [3.63, 3.8) is 0 Å². The van der Waals surface area contributed by atoms with Crippen LogP contribution in [0.4, 0.5) is 0 Å². The standard InChI is InChI=1S/C4H7NO4.C2H3ClO/c5-2(4(8)9)1-3(6)7;1-2(3)4/h2H,1,5H2,(H,6,7)(H,8,9);1H3. The average molecular weight is 212 g/mol. The number of carboxylic acids is 2. The minimum absolute atomic E-state index is 0.361. The lowest BCUT2D eigenvalue weighted by atomic mass is 10.2. The fourth-order valence-corrected chi connectivity index (χ4v) is 0.275. The molecule has 0 fully saturated rings. The van der Waals surface area contributed by atoms with Crippen molar-refractivity contribution in [2.24, 2.45) is 5.73 Å². The Morgan fingerprint density at radius 2 is 1.69 bits per heavy atom. The van der Waals surface area contributed by atoms with Crippen LogP contribution in [-0.4, -0.2) is 33.4 Å². The quantitative estimate of drug-likeness (QED) is 0.549. The maximum Gasteiger partial charge on any atom is 0.321 e. The summed E-state index contributed by atoms with van der Waals surface area (Å²) in [4.78, 5) is 28.8. The molecular weight excluding hydrogens is 202 g/mol. The van der Waals surface area contributed by atoms with Gasteiger partial charge in [0, 0.05) is 6.92 Å². The van der Waals surface area contributed by atoms with E-state index < -0.39 is 24.4 Å². The molecule has 4 N–H and O–H groups in total. The van der Waals surface area contributed by atoms with Crippen LogP contribution in [0.1, 0.15) is 13.3 Å². The molecule has 0 heterocycles. The number of hydrogen-bond acceptors (Lipinski definition) is 4. The summed E-state index contributed by atoms with van der Waals surface area (Å²) >= 11 is 4.64. The molecule has 0 spiro atoms. The third-order valence-corrected chi connectivity index (χ3v) is 0.712. The second-order valence-corrected chi connectivity index (χ2v) is 2.55. The van der Waals surface area contributed by atoms with Crippen molar-refractivity contribution in [3.05, 3.63) is 0 Å². The van der Waals surface area contributed by atoms with Crippen molar-refractivity contribution in [1.29, 1.82) is 0 Å². The smallest absolute Gasteiger partial charge is 0.321 e. The van der Waals surface area contributed by atoms with Crippen LogP contribution in [0.3, 0.4) is 0 Å². The summed E-state index contributed by atoms with van der Waals surface area (Å²) in [6.07, 6.45) is -0.532. The molecule has 0 radical (unpaired) electrons. The van der Waals surface area contributed by atoms with Gasteiger partial charge in [0.05, 0.1) is 6.42 Å². The summed E-state index contributed by atoms with van der Waals surface area (Å²) in [7, 11) is 0. The van der Waals surface area contributed by atoms with E-state index in [1.54, 1.807) is 0 Å². The van der Waals surface area contributed by atoms with Gasteiger partial charge in [0.15, 0.2) is 0 Å². The van der Waals surface area contributed by atoms with E-state index in [0.29, 0.717) is 0 Å². The van der Waals surface area contributed by atoms with Crippen LogP contribution < -0.4 is 5.73 Å². The first-order valence-electron chi connectivity index (χ1n) is 3.13. The van der Waals surface area contributed by atoms with E-state index >= 15 is 0 Å². The number of nitrogens with two attached hydrogens (primary N) is 1. The van der Waals surface area contributed by atoms with Gasteiger partial charge in [-0.1, -0.05) is 0 Å². The Balaban J connectivity index is 0. The number of carboxylic acid groups (broad SMARTS) is 2. The molecule has 13 heavy (non-hydrogen) atoms. The Kier molecular flexibility index (Phi) is 8.31. The summed E-state index contributed by atoms with van der Waals surface area (Å²) in [5, 5.41) is 15.7. The summed E-state index contributed by atoms with van der Waals surface area (Å²) < 4.78 is 0. The van der Waals surface area contributed by atoms with Crippen molar-refractivity contribution in [3.8, 4) is 0 Å². The molecule has 0 bridgehead atoms. The fraction of sp³-hybridized carbons (Fsp3) is 0.500. The molecule has 0 rings (SSSR count). The van der Waals surface area contributed by atoms with Crippen LogP contribution in [0.25, 0.3) is 0 Å². The number of hydrogen-bond donors (Lipinski definition) is 3. The van der Waals surface area contributed by atoms with Crippen molar-refractivity contribution in [1.82, 2.24) is 0 Å². The second-order valence-electron chi connectivity index (χ2n) is 2.01. The molecule has 6 nitrogen and oxygen atoms in total. The predicted octanol–water partition coefficient (Wildman–Crippen LogP) is -0.355. The molecule has 0 amide bonds. The van der Waals surface area contributed by atoms with Gasteiger partial charge in [-0.15, -0.1) is 0 Å². The van der Waals surface area contributed by atoms with Crippen LogP contribution in [0.5, 0.6) is 0 Å². The van der Waals surface area contributed by atoms with Gasteiger partial charge in [-0.3, -0.25) is 14.4 Å². The van der Waals surface area contributed by atoms with Crippen molar-refractivity contribution in [2.45, 2.75) is 19.4 Å². The number of halogens is 1. The monoisotopic (exact) mass is 211 g/mol. The zero-order valence-corrected chi connectivity index (χ0v) is 7.61. The van der Waals surface area contributed by atoms with Gasteiger partial charge >= 0.3 is 11.9 Å². The van der Waals surface area contributed by atoms with Crippen LogP contribution in [0.15, 0.2) is 0 Å². The highest BCUT2D eigenvalue weighted by molar-refractivity contribution is 6.62. The zero-order valence-electron chi connectivity index (χ0n) is 6.86. The van der Waals surface area contributed by atoms with E-state index in [4.69, 9.17) is 15.9 Å². The highest BCUT2D eigenvalue weighted by atomic mass is 35.5. The number of carbonyl (C=O) groups is 3. The third-order valence-electron chi connectivity index (χ3n) is 0.712. The Labute approximate surface area is 79.3 Å². The highest BCUT2D eigenvalue weighted by Gasteiger charge is 2.14. The molecular formula is C6H10ClNO5. The number of carbonyl (C=O) groups excluding carboxylic acids is 1. The Hall–Kier alpha value is -1.14. The van der Waals surface area contributed by atoms with Crippen LogP contribution in [0.2, 0.25) is 0 Å². The van der Waals surface area contributed by atoms with Gasteiger partial charge in [0.1, 0.15) is 6.04 Å². The van der Waals surface area contributed by atoms with E-state index in [0.717, 1.165) is 0 Å². The molecule has 0 aliphatic carbocycles. The largest absolute Gasteiger partial charge is 0.481 e. The molecule has 0 saturated carbocycles. The van der Waals surface area contributed by atoms with Crippen LogP contribution >= 0.6 is 11.6 Å². The summed E-state index contributed by atoms with van der Waals surface area (Å²) in [5.41, 5.74) is 4.84. The second kappa shape index (κ2) is 7.51. The van der Waals surface area contributed by atoms with Gasteiger partial charge in [-0.2, -0.15) is 0 Å². The maximum atomic E-state index is 9.85. The predicted molar refractivity (Wildman–Crippen MR) is 44.4 cm³/mol. The lowest BCUT2D eigenvalue weighted by Crippen LogP contribution is -2.32. The topological polar surface area (TPSA) is 118 Å². The van der Waals surface area contributed by atoms with Crippen molar-refractivity contribution >= 4 is 28.8 Å². The zero-order chi connectivity index (χ0) is 11.0. The lowest BCUT2D eigenvalue weighted by molar-refractivity contribution is -0.144. The minimum atomic E-state index is -1.29. The summed E-state index contributed by atoms with van der Waals surface area (Å²) in [6.45, 7) is 1.29. The first-order chi connectivity index (χ1) is 5.77. The molecule has 0 aromatic heterocycles. The molecule has 0 aliphatic rings. The molecule has 0 aliphatic heterocycles.